The zero-order valence-electron chi connectivity index (χ0n) is 10.2. The van der Waals surface area contributed by atoms with Crippen LogP contribution in [0.2, 0.25) is 0 Å². The molecule has 0 aromatic heterocycles. The van der Waals surface area contributed by atoms with Crippen LogP contribution in [0.5, 0.6) is 0 Å². The van der Waals surface area contributed by atoms with Gasteiger partial charge in [0.25, 0.3) is 0 Å². The SMILES string of the molecule is COCC(C)S(=O)(=O)c1cc(C(=O)O)cc(F)c1F. The van der Waals surface area contributed by atoms with E-state index in [0.29, 0.717) is 12.1 Å². The second kappa shape index (κ2) is 5.62. The van der Waals surface area contributed by atoms with Gasteiger partial charge in [-0.2, -0.15) is 0 Å². The van der Waals surface area contributed by atoms with Gasteiger partial charge in [0, 0.05) is 7.11 Å². The van der Waals surface area contributed by atoms with Crippen LogP contribution in [-0.2, 0) is 14.6 Å². The number of sulfone groups is 1. The summed E-state index contributed by atoms with van der Waals surface area (Å²) < 4.78 is 55.4. The molecule has 1 aromatic rings. The Morgan fingerprint density at radius 1 is 1.42 bits per heavy atom. The van der Waals surface area contributed by atoms with Crippen LogP contribution in [0.4, 0.5) is 8.78 Å². The molecular formula is C11H12F2O5S. The van der Waals surface area contributed by atoms with Crippen molar-refractivity contribution in [3.8, 4) is 0 Å². The van der Waals surface area contributed by atoms with Crippen molar-refractivity contribution < 1.29 is 31.8 Å². The fourth-order valence-electron chi connectivity index (χ4n) is 1.44. The molecule has 0 saturated carbocycles. The molecule has 19 heavy (non-hydrogen) atoms. The Bertz CT molecular complexity index is 597. The molecule has 0 aliphatic rings. The largest absolute Gasteiger partial charge is 0.478 e. The summed E-state index contributed by atoms with van der Waals surface area (Å²) in [4.78, 5) is 9.75. The summed E-state index contributed by atoms with van der Waals surface area (Å²) >= 11 is 0. The first-order chi connectivity index (χ1) is 8.71. The highest BCUT2D eigenvalue weighted by Gasteiger charge is 2.29. The number of aromatic carboxylic acids is 1. The Morgan fingerprint density at radius 3 is 2.47 bits per heavy atom. The third kappa shape index (κ3) is 3.07. The number of hydrogen-bond donors (Lipinski definition) is 1. The van der Waals surface area contributed by atoms with Crippen molar-refractivity contribution in [2.75, 3.05) is 13.7 Å². The Labute approximate surface area is 108 Å². The third-order valence-corrected chi connectivity index (χ3v) is 4.59. The predicted molar refractivity (Wildman–Crippen MR) is 61.8 cm³/mol. The van der Waals surface area contributed by atoms with Crippen molar-refractivity contribution >= 4 is 15.8 Å². The van der Waals surface area contributed by atoms with Gasteiger partial charge >= 0.3 is 5.97 Å². The molecule has 0 spiro atoms. The van der Waals surface area contributed by atoms with Crippen molar-refractivity contribution in [1.82, 2.24) is 0 Å². The summed E-state index contributed by atoms with van der Waals surface area (Å²) in [6.45, 7) is 1.03. The normalized spacial score (nSPS) is 13.3. The van der Waals surface area contributed by atoms with Crippen molar-refractivity contribution in [3.63, 3.8) is 0 Å². The summed E-state index contributed by atoms with van der Waals surface area (Å²) in [5, 5.41) is 7.59. The van der Waals surface area contributed by atoms with E-state index in [0.717, 1.165) is 0 Å². The smallest absolute Gasteiger partial charge is 0.335 e. The fraction of sp³-hybridized carbons (Fsp3) is 0.364. The average Bonchev–Trinajstić information content (AvgIpc) is 2.32. The van der Waals surface area contributed by atoms with Crippen LogP contribution in [0.25, 0.3) is 0 Å². The molecule has 1 atom stereocenters. The third-order valence-electron chi connectivity index (χ3n) is 2.48. The number of hydrogen-bond acceptors (Lipinski definition) is 4. The van der Waals surface area contributed by atoms with E-state index >= 15 is 0 Å². The first kappa shape index (κ1) is 15.5. The zero-order chi connectivity index (χ0) is 14.8. The summed E-state index contributed by atoms with van der Waals surface area (Å²) in [5.41, 5.74) is -0.637. The molecule has 0 bridgehead atoms. The molecule has 1 N–H and O–H groups in total. The van der Waals surface area contributed by atoms with E-state index in [1.54, 1.807) is 0 Å². The minimum absolute atomic E-state index is 0.222. The van der Waals surface area contributed by atoms with Crippen LogP contribution in [0, 0.1) is 11.6 Å². The van der Waals surface area contributed by atoms with Crippen LogP contribution in [0.1, 0.15) is 17.3 Å². The average molecular weight is 294 g/mol. The number of methoxy groups -OCH3 is 1. The lowest BCUT2D eigenvalue weighted by atomic mass is 10.2. The lowest BCUT2D eigenvalue weighted by Gasteiger charge is -2.13. The molecule has 0 aliphatic carbocycles. The number of halogens is 2. The van der Waals surface area contributed by atoms with Gasteiger partial charge < -0.3 is 9.84 Å². The first-order valence-corrected chi connectivity index (χ1v) is 6.71. The van der Waals surface area contributed by atoms with Gasteiger partial charge in [-0.15, -0.1) is 0 Å². The van der Waals surface area contributed by atoms with E-state index in [1.165, 1.54) is 14.0 Å². The van der Waals surface area contributed by atoms with Crippen molar-refractivity contribution in [2.24, 2.45) is 0 Å². The minimum Gasteiger partial charge on any atom is -0.478 e. The van der Waals surface area contributed by atoms with Crippen molar-refractivity contribution in [2.45, 2.75) is 17.1 Å². The Balaban J connectivity index is 3.45. The maximum atomic E-state index is 13.6. The Hall–Kier alpha value is -1.54. The van der Waals surface area contributed by atoms with Gasteiger partial charge in [0.05, 0.1) is 17.4 Å². The van der Waals surface area contributed by atoms with Crippen LogP contribution in [0.15, 0.2) is 17.0 Å². The molecule has 8 heteroatoms. The van der Waals surface area contributed by atoms with E-state index in [-0.39, 0.29) is 6.61 Å². The van der Waals surface area contributed by atoms with Gasteiger partial charge in [-0.25, -0.2) is 22.0 Å². The predicted octanol–water partition coefficient (Wildman–Crippen LogP) is 1.47. The quantitative estimate of drug-likeness (QED) is 0.889. The summed E-state index contributed by atoms with van der Waals surface area (Å²) in [6, 6.07) is 1.03. The fourth-order valence-corrected chi connectivity index (χ4v) is 2.82. The van der Waals surface area contributed by atoms with E-state index in [2.05, 4.69) is 4.74 Å². The maximum Gasteiger partial charge on any atom is 0.335 e. The summed E-state index contributed by atoms with van der Waals surface area (Å²) in [7, 11) is -2.95. The molecular weight excluding hydrogens is 282 g/mol. The van der Waals surface area contributed by atoms with Gasteiger partial charge in [0.15, 0.2) is 21.5 Å². The van der Waals surface area contributed by atoms with Gasteiger partial charge in [-0.3, -0.25) is 0 Å². The van der Waals surface area contributed by atoms with Gasteiger partial charge in [-0.1, -0.05) is 0 Å². The molecule has 0 amide bonds. The van der Waals surface area contributed by atoms with Crippen LogP contribution in [-0.4, -0.2) is 38.5 Å². The summed E-state index contributed by atoms with van der Waals surface area (Å²) in [6.07, 6.45) is 0. The molecule has 0 radical (unpaired) electrons. The molecule has 0 aliphatic heterocycles. The highest BCUT2D eigenvalue weighted by atomic mass is 32.2. The number of ether oxygens (including phenoxy) is 1. The van der Waals surface area contributed by atoms with Gasteiger partial charge in [0.1, 0.15) is 4.90 Å². The van der Waals surface area contributed by atoms with Crippen molar-refractivity contribution in [3.05, 3.63) is 29.3 Å². The molecule has 1 rings (SSSR count). The Kier molecular flexibility index (Phi) is 4.59. The molecule has 106 valence electrons. The van der Waals surface area contributed by atoms with E-state index in [4.69, 9.17) is 5.11 Å². The zero-order valence-corrected chi connectivity index (χ0v) is 11.0. The van der Waals surface area contributed by atoms with E-state index in [1.807, 2.05) is 0 Å². The van der Waals surface area contributed by atoms with Gasteiger partial charge in [0.2, 0.25) is 0 Å². The summed E-state index contributed by atoms with van der Waals surface area (Å²) in [5.74, 6) is -4.66. The standard InChI is InChI=1S/C11H12F2O5S/c1-6(5-18-2)19(16,17)9-4-7(11(14)15)3-8(12)10(9)13/h3-4,6H,5H2,1-2H3,(H,14,15). The molecule has 0 saturated heterocycles. The molecule has 0 fully saturated rings. The van der Waals surface area contributed by atoms with E-state index < -0.39 is 43.1 Å². The molecule has 1 aromatic carbocycles. The molecule has 0 heterocycles. The lowest BCUT2D eigenvalue weighted by Crippen LogP contribution is -2.24. The lowest BCUT2D eigenvalue weighted by molar-refractivity contribution is 0.0696. The first-order valence-electron chi connectivity index (χ1n) is 5.17. The van der Waals surface area contributed by atoms with Crippen LogP contribution < -0.4 is 0 Å². The number of benzene rings is 1. The number of rotatable bonds is 5. The number of carbonyl (C=O) groups is 1. The Morgan fingerprint density at radius 2 is 2.00 bits per heavy atom. The van der Waals surface area contributed by atoms with Crippen LogP contribution >= 0.6 is 0 Å². The maximum absolute atomic E-state index is 13.6. The van der Waals surface area contributed by atoms with Crippen molar-refractivity contribution in [1.29, 1.82) is 0 Å². The number of carboxylic acids is 1. The molecule has 1 unspecified atom stereocenters. The second-order valence-electron chi connectivity index (χ2n) is 3.89. The number of carboxylic acid groups (broad SMARTS) is 1. The minimum atomic E-state index is -4.21. The highest BCUT2D eigenvalue weighted by Crippen LogP contribution is 2.24. The van der Waals surface area contributed by atoms with Crippen LogP contribution in [0.3, 0.4) is 0 Å². The monoisotopic (exact) mass is 294 g/mol. The van der Waals surface area contributed by atoms with E-state index in [9.17, 15) is 22.0 Å². The highest BCUT2D eigenvalue weighted by molar-refractivity contribution is 7.92. The molecule has 5 nitrogen and oxygen atoms in total. The topological polar surface area (TPSA) is 80.7 Å². The second-order valence-corrected chi connectivity index (χ2v) is 6.22. The van der Waals surface area contributed by atoms with Gasteiger partial charge in [-0.05, 0) is 19.1 Å².